The number of nitrogens with zero attached hydrogens (tertiary/aromatic N) is 1. The van der Waals surface area contributed by atoms with Crippen molar-refractivity contribution in [2.24, 2.45) is 5.92 Å². The summed E-state index contributed by atoms with van der Waals surface area (Å²) in [6, 6.07) is 9.65. The number of amides is 2. The Bertz CT molecular complexity index is 740. The second kappa shape index (κ2) is 7.18. The lowest BCUT2D eigenvalue weighted by Gasteiger charge is -2.31. The molecule has 2 aromatic rings. The van der Waals surface area contributed by atoms with Crippen molar-refractivity contribution in [1.29, 1.82) is 0 Å². The third kappa shape index (κ3) is 3.67. The van der Waals surface area contributed by atoms with Crippen molar-refractivity contribution in [1.82, 2.24) is 4.90 Å². The molecule has 1 atom stereocenters. The Morgan fingerprint density at radius 3 is 2.75 bits per heavy atom. The van der Waals surface area contributed by atoms with Gasteiger partial charge in [0.25, 0.3) is 5.91 Å². The van der Waals surface area contributed by atoms with Crippen LogP contribution < -0.4 is 5.32 Å². The smallest absolute Gasteiger partial charge is 0.263 e. The number of piperidine rings is 1. The maximum Gasteiger partial charge on any atom is 0.263 e. The Morgan fingerprint density at radius 2 is 2.04 bits per heavy atom. The van der Waals surface area contributed by atoms with Gasteiger partial charge in [0.2, 0.25) is 5.91 Å². The monoisotopic (exact) mass is 342 g/mol. The van der Waals surface area contributed by atoms with Crippen molar-refractivity contribution >= 4 is 28.8 Å². The predicted molar refractivity (Wildman–Crippen MR) is 97.5 cm³/mol. The molecule has 0 radical (unpaired) electrons. The minimum atomic E-state index is -0.149. The van der Waals surface area contributed by atoms with E-state index in [1.807, 2.05) is 42.6 Å². The fourth-order valence-corrected chi connectivity index (χ4v) is 3.69. The zero-order chi connectivity index (χ0) is 17.1. The van der Waals surface area contributed by atoms with Crippen LogP contribution in [0.25, 0.3) is 0 Å². The van der Waals surface area contributed by atoms with Crippen molar-refractivity contribution in [3.8, 4) is 0 Å². The minimum absolute atomic E-state index is 0.00179. The number of likely N-dealkylation sites (tertiary alicyclic amines) is 1. The Balaban J connectivity index is 1.64. The summed E-state index contributed by atoms with van der Waals surface area (Å²) in [5, 5.41) is 4.90. The Labute approximate surface area is 146 Å². The molecule has 1 aromatic carbocycles. The maximum atomic E-state index is 12.6. The molecule has 0 unspecified atom stereocenters. The zero-order valence-electron chi connectivity index (χ0n) is 14.0. The van der Waals surface area contributed by atoms with Crippen molar-refractivity contribution in [3.05, 3.63) is 51.7 Å². The molecule has 2 amide bonds. The number of rotatable bonds is 3. The summed E-state index contributed by atoms with van der Waals surface area (Å²) in [6.45, 7) is 5.31. The van der Waals surface area contributed by atoms with Gasteiger partial charge in [-0.2, -0.15) is 0 Å². The number of hydrogen-bond acceptors (Lipinski definition) is 3. The number of anilines is 1. The fourth-order valence-electron chi connectivity index (χ4n) is 3.00. The lowest BCUT2D eigenvalue weighted by atomic mass is 9.96. The molecule has 24 heavy (non-hydrogen) atoms. The quantitative estimate of drug-likeness (QED) is 0.921. The highest BCUT2D eigenvalue weighted by atomic mass is 32.1. The Kier molecular flexibility index (Phi) is 5.00. The van der Waals surface area contributed by atoms with Gasteiger partial charge in [-0.15, -0.1) is 11.3 Å². The first kappa shape index (κ1) is 16.7. The number of carbonyl (C=O) groups excluding carboxylic acids is 2. The van der Waals surface area contributed by atoms with Gasteiger partial charge in [0.15, 0.2) is 0 Å². The number of nitrogens with one attached hydrogen (secondary N) is 1. The molecule has 3 rings (SSSR count). The zero-order valence-corrected chi connectivity index (χ0v) is 14.9. The molecule has 5 heteroatoms. The average Bonchev–Trinajstić information content (AvgIpc) is 3.12. The summed E-state index contributed by atoms with van der Waals surface area (Å²) in [7, 11) is 0. The van der Waals surface area contributed by atoms with E-state index < -0.39 is 0 Å². The van der Waals surface area contributed by atoms with Gasteiger partial charge < -0.3 is 10.2 Å². The first-order chi connectivity index (χ1) is 11.5. The number of carbonyl (C=O) groups is 2. The molecule has 0 spiro atoms. The van der Waals surface area contributed by atoms with Crippen LogP contribution in [0.4, 0.5) is 5.69 Å². The molecule has 1 aliphatic heterocycles. The summed E-state index contributed by atoms with van der Waals surface area (Å²) < 4.78 is 0. The molecule has 1 aromatic heterocycles. The summed E-state index contributed by atoms with van der Waals surface area (Å²) in [6.07, 6.45) is 1.69. The van der Waals surface area contributed by atoms with Gasteiger partial charge in [0, 0.05) is 18.8 Å². The van der Waals surface area contributed by atoms with Gasteiger partial charge in [0.05, 0.1) is 10.8 Å². The van der Waals surface area contributed by atoms with Crippen LogP contribution in [0.15, 0.2) is 35.7 Å². The van der Waals surface area contributed by atoms with E-state index in [1.165, 1.54) is 16.9 Å². The van der Waals surface area contributed by atoms with Crippen LogP contribution in [0.3, 0.4) is 0 Å². The van der Waals surface area contributed by atoms with Gasteiger partial charge >= 0.3 is 0 Å². The SMILES string of the molecule is Cc1ccc(NC(=O)[C@H]2CCCN(C(=O)c3cccs3)C2)cc1C. The van der Waals surface area contributed by atoms with E-state index >= 15 is 0 Å². The molecule has 1 N–H and O–H groups in total. The van der Waals surface area contributed by atoms with Crippen LogP contribution in [0.5, 0.6) is 0 Å². The van der Waals surface area contributed by atoms with Gasteiger partial charge in [-0.05, 0) is 61.4 Å². The molecule has 2 heterocycles. The summed E-state index contributed by atoms with van der Waals surface area (Å²) in [5.74, 6) is -0.111. The lowest BCUT2D eigenvalue weighted by Crippen LogP contribution is -2.43. The van der Waals surface area contributed by atoms with Crippen LogP contribution in [-0.4, -0.2) is 29.8 Å². The van der Waals surface area contributed by atoms with Gasteiger partial charge in [-0.1, -0.05) is 12.1 Å². The van der Waals surface area contributed by atoms with Crippen LogP contribution in [0.1, 0.15) is 33.6 Å². The number of benzene rings is 1. The summed E-state index contributed by atoms with van der Waals surface area (Å²) >= 11 is 1.45. The number of aryl methyl sites for hydroxylation is 2. The first-order valence-electron chi connectivity index (χ1n) is 8.25. The van der Waals surface area contributed by atoms with Crippen LogP contribution in [-0.2, 0) is 4.79 Å². The van der Waals surface area contributed by atoms with Gasteiger partial charge in [0.1, 0.15) is 0 Å². The molecule has 126 valence electrons. The van der Waals surface area contributed by atoms with E-state index in [2.05, 4.69) is 12.2 Å². The predicted octanol–water partition coefficient (Wildman–Crippen LogP) is 3.86. The molecule has 0 saturated carbocycles. The van der Waals surface area contributed by atoms with E-state index in [9.17, 15) is 9.59 Å². The second-order valence-electron chi connectivity index (χ2n) is 6.36. The second-order valence-corrected chi connectivity index (χ2v) is 7.30. The van der Waals surface area contributed by atoms with E-state index in [-0.39, 0.29) is 17.7 Å². The Hall–Kier alpha value is -2.14. The third-order valence-electron chi connectivity index (χ3n) is 4.59. The molecule has 0 aliphatic carbocycles. The van der Waals surface area contributed by atoms with E-state index in [0.717, 1.165) is 35.5 Å². The molecular formula is C19H22N2O2S. The van der Waals surface area contributed by atoms with Crippen molar-refractivity contribution < 1.29 is 9.59 Å². The van der Waals surface area contributed by atoms with Gasteiger partial charge in [-0.3, -0.25) is 9.59 Å². The molecule has 1 fully saturated rings. The van der Waals surface area contributed by atoms with Crippen molar-refractivity contribution in [3.63, 3.8) is 0 Å². The highest BCUT2D eigenvalue weighted by Crippen LogP contribution is 2.22. The molecular weight excluding hydrogens is 320 g/mol. The lowest BCUT2D eigenvalue weighted by molar-refractivity contribution is -0.121. The standard InChI is InChI=1S/C19H22N2O2S/c1-13-7-8-16(11-14(13)2)20-18(22)15-5-3-9-21(12-15)19(23)17-6-4-10-24-17/h4,6-8,10-11,15H,3,5,9,12H2,1-2H3,(H,20,22)/t15-/m0/s1. The molecule has 1 saturated heterocycles. The van der Waals surface area contributed by atoms with Crippen LogP contribution in [0, 0.1) is 19.8 Å². The Morgan fingerprint density at radius 1 is 1.21 bits per heavy atom. The fraction of sp³-hybridized carbons (Fsp3) is 0.368. The number of thiophene rings is 1. The van der Waals surface area contributed by atoms with Crippen molar-refractivity contribution in [2.45, 2.75) is 26.7 Å². The minimum Gasteiger partial charge on any atom is -0.337 e. The third-order valence-corrected chi connectivity index (χ3v) is 5.44. The highest BCUT2D eigenvalue weighted by molar-refractivity contribution is 7.12. The molecule has 4 nitrogen and oxygen atoms in total. The first-order valence-corrected chi connectivity index (χ1v) is 9.13. The van der Waals surface area contributed by atoms with Crippen molar-refractivity contribution in [2.75, 3.05) is 18.4 Å². The van der Waals surface area contributed by atoms with E-state index in [0.29, 0.717) is 6.54 Å². The van der Waals surface area contributed by atoms with Crippen LogP contribution in [0.2, 0.25) is 0 Å². The topological polar surface area (TPSA) is 49.4 Å². The summed E-state index contributed by atoms with van der Waals surface area (Å²) in [5.41, 5.74) is 3.19. The molecule has 0 bridgehead atoms. The van der Waals surface area contributed by atoms with Gasteiger partial charge in [-0.25, -0.2) is 0 Å². The van der Waals surface area contributed by atoms with E-state index in [1.54, 1.807) is 4.90 Å². The van der Waals surface area contributed by atoms with E-state index in [4.69, 9.17) is 0 Å². The maximum absolute atomic E-state index is 12.6. The number of hydrogen-bond donors (Lipinski definition) is 1. The average molecular weight is 342 g/mol. The highest BCUT2D eigenvalue weighted by Gasteiger charge is 2.29. The largest absolute Gasteiger partial charge is 0.337 e. The van der Waals surface area contributed by atoms with Crippen LogP contribution >= 0.6 is 11.3 Å². The summed E-state index contributed by atoms with van der Waals surface area (Å²) in [4.78, 5) is 27.6. The molecule has 1 aliphatic rings. The normalized spacial score (nSPS) is 17.6.